The Morgan fingerprint density at radius 3 is 2.10 bits per heavy atom. The summed E-state index contributed by atoms with van der Waals surface area (Å²) in [6.45, 7) is 2.00. The fourth-order valence-electron chi connectivity index (χ4n) is 2.15. The number of ether oxygens (including phenoxy) is 1. The molecule has 4 nitrogen and oxygen atoms in total. The largest absolute Gasteiger partial charge is 0.497 e. The Hall–Kier alpha value is -1.85. The van der Waals surface area contributed by atoms with E-state index < -0.39 is 15.1 Å². The monoisotopic (exact) mass is 305 g/mol. The minimum Gasteiger partial charge on any atom is -0.497 e. The van der Waals surface area contributed by atoms with E-state index in [1.54, 1.807) is 31.4 Å². The highest BCUT2D eigenvalue weighted by atomic mass is 32.2. The van der Waals surface area contributed by atoms with Gasteiger partial charge in [0.2, 0.25) is 0 Å². The first-order chi connectivity index (χ1) is 9.98. The first kappa shape index (κ1) is 15.5. The van der Waals surface area contributed by atoms with Gasteiger partial charge in [-0.25, -0.2) is 8.42 Å². The van der Waals surface area contributed by atoms with E-state index >= 15 is 0 Å². The van der Waals surface area contributed by atoms with Crippen LogP contribution in [-0.2, 0) is 9.84 Å². The fourth-order valence-corrected chi connectivity index (χ4v) is 3.77. The first-order valence-electron chi connectivity index (χ1n) is 6.63. The lowest BCUT2D eigenvalue weighted by Crippen LogP contribution is -2.22. The summed E-state index contributed by atoms with van der Waals surface area (Å²) in [5, 5.41) is -0.744. The summed E-state index contributed by atoms with van der Waals surface area (Å²) in [5.41, 5.74) is 7.51. The van der Waals surface area contributed by atoms with Crippen LogP contribution in [0.25, 0.3) is 0 Å². The van der Waals surface area contributed by atoms with Crippen LogP contribution in [0, 0.1) is 6.92 Å². The molecule has 0 aliphatic heterocycles. The second-order valence-electron chi connectivity index (χ2n) is 4.86. The van der Waals surface area contributed by atoms with Crippen molar-refractivity contribution in [1.29, 1.82) is 0 Å². The van der Waals surface area contributed by atoms with Gasteiger partial charge in [-0.15, -0.1) is 0 Å². The molecule has 2 aromatic carbocycles. The van der Waals surface area contributed by atoms with Gasteiger partial charge in [0.15, 0.2) is 9.84 Å². The number of benzene rings is 2. The number of rotatable bonds is 5. The average molecular weight is 305 g/mol. The first-order valence-corrected chi connectivity index (χ1v) is 8.18. The van der Waals surface area contributed by atoms with Crippen LogP contribution in [0.4, 0.5) is 0 Å². The molecule has 0 radical (unpaired) electrons. The Morgan fingerprint density at radius 2 is 1.62 bits per heavy atom. The number of aryl methyl sites for hydroxylation is 1. The summed E-state index contributed by atoms with van der Waals surface area (Å²) in [6.07, 6.45) is 0. The van der Waals surface area contributed by atoms with Crippen molar-refractivity contribution in [1.82, 2.24) is 0 Å². The van der Waals surface area contributed by atoms with Gasteiger partial charge >= 0.3 is 0 Å². The lowest BCUT2D eigenvalue weighted by Gasteiger charge is -2.17. The average Bonchev–Trinajstić information content (AvgIpc) is 2.50. The van der Waals surface area contributed by atoms with Crippen LogP contribution in [0.2, 0.25) is 0 Å². The van der Waals surface area contributed by atoms with Crippen LogP contribution in [0.5, 0.6) is 5.75 Å². The Bertz CT molecular complexity index is 691. The van der Waals surface area contributed by atoms with Crippen molar-refractivity contribution in [2.45, 2.75) is 17.1 Å². The van der Waals surface area contributed by atoms with Crippen LogP contribution in [0.1, 0.15) is 16.4 Å². The zero-order valence-electron chi connectivity index (χ0n) is 12.1. The van der Waals surface area contributed by atoms with Crippen molar-refractivity contribution in [3.8, 4) is 5.75 Å². The van der Waals surface area contributed by atoms with Crippen molar-refractivity contribution < 1.29 is 13.2 Å². The van der Waals surface area contributed by atoms with E-state index in [9.17, 15) is 8.42 Å². The molecule has 1 atom stereocenters. The molecule has 0 fully saturated rings. The molecule has 0 saturated carbocycles. The molecule has 0 aromatic heterocycles. The Kier molecular flexibility index (Phi) is 4.65. The quantitative estimate of drug-likeness (QED) is 0.921. The second kappa shape index (κ2) is 6.28. The molecule has 0 saturated heterocycles. The molecule has 0 bridgehead atoms. The van der Waals surface area contributed by atoms with Crippen LogP contribution >= 0.6 is 0 Å². The van der Waals surface area contributed by atoms with E-state index in [0.717, 1.165) is 5.56 Å². The maximum absolute atomic E-state index is 12.7. The van der Waals surface area contributed by atoms with E-state index in [-0.39, 0.29) is 11.4 Å². The van der Waals surface area contributed by atoms with Crippen molar-refractivity contribution in [3.63, 3.8) is 0 Å². The molecule has 0 aliphatic rings. The van der Waals surface area contributed by atoms with Gasteiger partial charge in [-0.05, 0) is 36.8 Å². The van der Waals surface area contributed by atoms with Gasteiger partial charge in [-0.3, -0.25) is 0 Å². The number of hydrogen-bond acceptors (Lipinski definition) is 4. The number of sulfone groups is 1. The predicted octanol–water partition coefficient (Wildman–Crippen LogP) is 2.48. The molecular weight excluding hydrogens is 286 g/mol. The minimum absolute atomic E-state index is 0.0391. The molecule has 2 aromatic rings. The summed E-state index contributed by atoms with van der Waals surface area (Å²) >= 11 is 0. The molecule has 0 unspecified atom stereocenters. The van der Waals surface area contributed by atoms with E-state index in [1.165, 1.54) is 0 Å². The summed E-state index contributed by atoms with van der Waals surface area (Å²) in [4.78, 5) is 0.249. The van der Waals surface area contributed by atoms with Gasteiger partial charge in [-0.2, -0.15) is 0 Å². The third-order valence-electron chi connectivity index (χ3n) is 3.43. The molecule has 0 spiro atoms. The second-order valence-corrected chi connectivity index (χ2v) is 6.99. The molecule has 2 rings (SSSR count). The number of nitrogens with two attached hydrogens (primary N) is 1. The number of methoxy groups -OCH3 is 1. The van der Waals surface area contributed by atoms with Crippen LogP contribution in [0.3, 0.4) is 0 Å². The summed E-state index contributed by atoms with van der Waals surface area (Å²) in [6, 6.07) is 13.8. The molecule has 21 heavy (non-hydrogen) atoms. The van der Waals surface area contributed by atoms with Gasteiger partial charge in [0, 0.05) is 6.54 Å². The molecular formula is C16H19NO3S. The molecule has 5 heteroatoms. The normalized spacial score (nSPS) is 12.9. The SMILES string of the molecule is COc1ccc(S(=O)(=O)[C@@H](CN)c2ccc(C)cc2)cc1. The molecule has 0 amide bonds. The zero-order chi connectivity index (χ0) is 15.5. The topological polar surface area (TPSA) is 69.4 Å². The van der Waals surface area contributed by atoms with E-state index in [2.05, 4.69) is 0 Å². The highest BCUT2D eigenvalue weighted by molar-refractivity contribution is 7.91. The highest BCUT2D eigenvalue weighted by Gasteiger charge is 2.27. The Balaban J connectivity index is 2.41. The Labute approximate surface area is 125 Å². The van der Waals surface area contributed by atoms with Crippen LogP contribution in [-0.4, -0.2) is 22.1 Å². The summed E-state index contributed by atoms with van der Waals surface area (Å²) < 4.78 is 30.5. The lowest BCUT2D eigenvalue weighted by atomic mass is 10.1. The van der Waals surface area contributed by atoms with E-state index in [1.807, 2.05) is 31.2 Å². The standard InChI is InChI=1S/C16H19NO3S/c1-12-3-5-13(6-4-12)16(11-17)21(18,19)15-9-7-14(20-2)8-10-15/h3-10,16H,11,17H2,1-2H3/t16-/m0/s1. The Morgan fingerprint density at radius 1 is 1.05 bits per heavy atom. The zero-order valence-corrected chi connectivity index (χ0v) is 12.9. The van der Waals surface area contributed by atoms with Crippen LogP contribution in [0.15, 0.2) is 53.4 Å². The third kappa shape index (κ3) is 3.25. The van der Waals surface area contributed by atoms with Crippen molar-refractivity contribution in [2.75, 3.05) is 13.7 Å². The predicted molar refractivity (Wildman–Crippen MR) is 83.2 cm³/mol. The van der Waals surface area contributed by atoms with Gasteiger partial charge in [0.1, 0.15) is 11.0 Å². The van der Waals surface area contributed by atoms with E-state index in [0.29, 0.717) is 11.3 Å². The fraction of sp³-hybridized carbons (Fsp3) is 0.250. The van der Waals surface area contributed by atoms with Gasteiger partial charge in [0.25, 0.3) is 0 Å². The third-order valence-corrected chi connectivity index (χ3v) is 5.57. The minimum atomic E-state index is -3.52. The van der Waals surface area contributed by atoms with Crippen LogP contribution < -0.4 is 10.5 Å². The van der Waals surface area contributed by atoms with Crippen molar-refractivity contribution in [2.24, 2.45) is 5.73 Å². The van der Waals surface area contributed by atoms with Gasteiger partial charge in [-0.1, -0.05) is 29.8 Å². The highest BCUT2D eigenvalue weighted by Crippen LogP contribution is 2.29. The molecule has 112 valence electrons. The van der Waals surface area contributed by atoms with Crippen molar-refractivity contribution >= 4 is 9.84 Å². The van der Waals surface area contributed by atoms with Crippen molar-refractivity contribution in [3.05, 3.63) is 59.7 Å². The summed E-state index contributed by atoms with van der Waals surface area (Å²) in [7, 11) is -1.98. The number of hydrogen-bond donors (Lipinski definition) is 1. The lowest BCUT2D eigenvalue weighted by molar-refractivity contribution is 0.414. The smallest absolute Gasteiger partial charge is 0.186 e. The summed E-state index contributed by atoms with van der Waals surface area (Å²) in [5.74, 6) is 0.619. The maximum Gasteiger partial charge on any atom is 0.186 e. The van der Waals surface area contributed by atoms with E-state index in [4.69, 9.17) is 10.5 Å². The maximum atomic E-state index is 12.7. The molecule has 2 N–H and O–H groups in total. The van der Waals surface area contributed by atoms with Gasteiger partial charge in [0.05, 0.1) is 12.0 Å². The molecule has 0 aliphatic carbocycles. The van der Waals surface area contributed by atoms with Gasteiger partial charge < -0.3 is 10.5 Å². The molecule has 0 heterocycles.